The Labute approximate surface area is 151 Å². The molecule has 0 radical (unpaired) electrons. The number of anilines is 1. The smallest absolute Gasteiger partial charge is 0.254 e. The van der Waals surface area contributed by atoms with Crippen molar-refractivity contribution in [2.24, 2.45) is 0 Å². The average molecular weight is 345 g/mol. The first-order valence-corrected chi connectivity index (χ1v) is 9.79. The van der Waals surface area contributed by atoms with Crippen LogP contribution >= 0.6 is 0 Å². The van der Waals surface area contributed by atoms with E-state index in [4.69, 9.17) is 0 Å². The van der Waals surface area contributed by atoms with Gasteiger partial charge in [0.25, 0.3) is 5.91 Å². The van der Waals surface area contributed by atoms with Crippen molar-refractivity contribution in [3.05, 3.63) is 17.5 Å². The van der Waals surface area contributed by atoms with Crippen molar-refractivity contribution < 1.29 is 4.79 Å². The quantitative estimate of drug-likeness (QED) is 0.849. The van der Waals surface area contributed by atoms with Gasteiger partial charge in [-0.3, -0.25) is 4.79 Å². The molecule has 25 heavy (non-hydrogen) atoms. The summed E-state index contributed by atoms with van der Waals surface area (Å²) >= 11 is 0. The van der Waals surface area contributed by atoms with Gasteiger partial charge in [-0.15, -0.1) is 0 Å². The second-order valence-corrected chi connectivity index (χ2v) is 7.25. The maximum Gasteiger partial charge on any atom is 0.254 e. The molecule has 0 atom stereocenters. The third kappa shape index (κ3) is 4.69. The molecule has 2 heterocycles. The highest BCUT2D eigenvalue weighted by atomic mass is 16.1. The number of likely N-dealkylation sites (N-methyl/N-ethyl adjacent to an activating group) is 1. The topological polar surface area (TPSA) is 61.4 Å². The number of amides is 1. The Morgan fingerprint density at radius 3 is 2.44 bits per heavy atom. The molecule has 1 saturated heterocycles. The highest BCUT2D eigenvalue weighted by molar-refractivity contribution is 5.95. The van der Waals surface area contributed by atoms with Crippen LogP contribution in [0.2, 0.25) is 0 Å². The zero-order valence-electron chi connectivity index (χ0n) is 15.6. The van der Waals surface area contributed by atoms with Gasteiger partial charge in [0.15, 0.2) is 0 Å². The minimum atomic E-state index is -0.0215. The van der Waals surface area contributed by atoms with E-state index in [1.54, 1.807) is 6.20 Å². The summed E-state index contributed by atoms with van der Waals surface area (Å²) in [7, 11) is 0. The van der Waals surface area contributed by atoms with E-state index in [1.165, 1.54) is 25.7 Å². The molecule has 0 spiro atoms. The van der Waals surface area contributed by atoms with E-state index >= 15 is 0 Å². The molecule has 1 amide bonds. The van der Waals surface area contributed by atoms with Crippen LogP contribution in [0.3, 0.4) is 0 Å². The number of aryl methyl sites for hydroxylation is 1. The van der Waals surface area contributed by atoms with Crippen LogP contribution in [0.1, 0.15) is 61.5 Å². The fourth-order valence-electron chi connectivity index (χ4n) is 3.78. The van der Waals surface area contributed by atoms with Crippen molar-refractivity contribution in [3.63, 3.8) is 0 Å². The van der Waals surface area contributed by atoms with Crippen molar-refractivity contribution in [1.29, 1.82) is 0 Å². The predicted octanol–water partition coefficient (Wildman–Crippen LogP) is 2.38. The third-order valence-corrected chi connectivity index (χ3v) is 5.50. The van der Waals surface area contributed by atoms with E-state index in [0.29, 0.717) is 11.6 Å². The minimum Gasteiger partial charge on any atom is -0.349 e. The van der Waals surface area contributed by atoms with Crippen molar-refractivity contribution in [3.8, 4) is 0 Å². The normalized spacial score (nSPS) is 20.3. The van der Waals surface area contributed by atoms with Crippen LogP contribution in [0.25, 0.3) is 0 Å². The van der Waals surface area contributed by atoms with Gasteiger partial charge in [-0.1, -0.05) is 32.6 Å². The lowest BCUT2D eigenvalue weighted by Gasteiger charge is -2.34. The van der Waals surface area contributed by atoms with Gasteiger partial charge in [0, 0.05) is 38.4 Å². The van der Waals surface area contributed by atoms with Crippen LogP contribution in [0.5, 0.6) is 0 Å². The molecule has 1 N–H and O–H groups in total. The molecule has 1 saturated carbocycles. The summed E-state index contributed by atoms with van der Waals surface area (Å²) < 4.78 is 0. The van der Waals surface area contributed by atoms with Gasteiger partial charge < -0.3 is 15.1 Å². The van der Waals surface area contributed by atoms with E-state index in [0.717, 1.165) is 57.2 Å². The van der Waals surface area contributed by atoms with E-state index < -0.39 is 0 Å². The largest absolute Gasteiger partial charge is 0.349 e. The lowest BCUT2D eigenvalue weighted by Crippen LogP contribution is -2.46. The van der Waals surface area contributed by atoms with Crippen LogP contribution in [0, 0.1) is 6.92 Å². The molecule has 0 aromatic carbocycles. The average Bonchev–Trinajstić information content (AvgIpc) is 2.90. The number of carbonyl (C=O) groups is 1. The lowest BCUT2D eigenvalue weighted by atomic mass is 10.1. The molecular weight excluding hydrogens is 314 g/mol. The highest BCUT2D eigenvalue weighted by Gasteiger charge is 2.21. The number of nitrogens with zero attached hydrogens (tertiary/aromatic N) is 4. The number of hydrogen-bond acceptors (Lipinski definition) is 5. The molecule has 2 aliphatic rings. The second-order valence-electron chi connectivity index (χ2n) is 7.25. The fourth-order valence-corrected chi connectivity index (χ4v) is 3.78. The molecule has 1 aromatic heterocycles. The van der Waals surface area contributed by atoms with Crippen molar-refractivity contribution in [2.45, 2.75) is 58.4 Å². The molecule has 1 aliphatic heterocycles. The minimum absolute atomic E-state index is 0.0215. The fraction of sp³-hybridized carbons (Fsp3) is 0.737. The molecule has 3 rings (SSSR count). The summed E-state index contributed by atoms with van der Waals surface area (Å²) in [6.07, 6.45) is 8.88. The van der Waals surface area contributed by atoms with Gasteiger partial charge >= 0.3 is 0 Å². The number of rotatable bonds is 4. The molecule has 1 aliphatic carbocycles. The Hall–Kier alpha value is -1.69. The van der Waals surface area contributed by atoms with Gasteiger partial charge in [-0.25, -0.2) is 9.97 Å². The number of nitrogens with one attached hydrogen (secondary N) is 1. The molecule has 6 nitrogen and oxygen atoms in total. The number of aromatic nitrogens is 2. The van der Waals surface area contributed by atoms with Crippen LogP contribution in [0.4, 0.5) is 5.95 Å². The standard InChI is InChI=1S/C19H31N5O/c1-3-23-10-12-24(13-11-23)19-20-14-17(15(2)21-19)18(25)22-16-8-6-4-5-7-9-16/h14,16H,3-13H2,1-2H3,(H,22,25). The predicted molar refractivity (Wildman–Crippen MR) is 100 cm³/mol. The van der Waals surface area contributed by atoms with E-state index in [-0.39, 0.29) is 5.91 Å². The molecule has 6 heteroatoms. The SMILES string of the molecule is CCN1CCN(c2ncc(C(=O)NC3CCCCCC3)c(C)n2)CC1. The Morgan fingerprint density at radius 2 is 1.84 bits per heavy atom. The molecule has 0 unspecified atom stereocenters. The van der Waals surface area contributed by atoms with Crippen LogP contribution in [0.15, 0.2) is 6.20 Å². The van der Waals surface area contributed by atoms with Crippen molar-refractivity contribution >= 4 is 11.9 Å². The summed E-state index contributed by atoms with van der Waals surface area (Å²) in [5, 5.41) is 3.19. The first kappa shape index (κ1) is 18.1. The van der Waals surface area contributed by atoms with Crippen LogP contribution < -0.4 is 10.2 Å². The first-order valence-electron chi connectivity index (χ1n) is 9.79. The van der Waals surface area contributed by atoms with E-state index in [1.807, 2.05) is 6.92 Å². The molecular formula is C19H31N5O. The number of hydrogen-bond donors (Lipinski definition) is 1. The van der Waals surface area contributed by atoms with Crippen LogP contribution in [-0.4, -0.2) is 59.5 Å². The van der Waals surface area contributed by atoms with E-state index in [9.17, 15) is 4.79 Å². The van der Waals surface area contributed by atoms with Crippen molar-refractivity contribution in [1.82, 2.24) is 20.2 Å². The maximum absolute atomic E-state index is 12.6. The summed E-state index contributed by atoms with van der Waals surface area (Å²) in [6, 6.07) is 0.302. The zero-order chi connectivity index (χ0) is 17.6. The number of carbonyl (C=O) groups excluding carboxylic acids is 1. The van der Waals surface area contributed by atoms with Gasteiger partial charge in [-0.2, -0.15) is 0 Å². The van der Waals surface area contributed by atoms with Gasteiger partial charge in [0.2, 0.25) is 5.95 Å². The summed E-state index contributed by atoms with van der Waals surface area (Å²) in [5.74, 6) is 0.728. The summed E-state index contributed by atoms with van der Waals surface area (Å²) in [6.45, 7) is 9.18. The second kappa shape index (κ2) is 8.61. The van der Waals surface area contributed by atoms with Gasteiger partial charge in [-0.05, 0) is 26.3 Å². The van der Waals surface area contributed by atoms with Gasteiger partial charge in [0.05, 0.1) is 11.3 Å². The van der Waals surface area contributed by atoms with Crippen LogP contribution in [-0.2, 0) is 0 Å². The van der Waals surface area contributed by atoms with E-state index in [2.05, 4.69) is 32.0 Å². The van der Waals surface area contributed by atoms with Crippen molar-refractivity contribution in [2.75, 3.05) is 37.6 Å². The monoisotopic (exact) mass is 345 g/mol. The molecule has 0 bridgehead atoms. The Bertz CT molecular complexity index is 575. The summed E-state index contributed by atoms with van der Waals surface area (Å²) in [4.78, 5) is 26.3. The molecule has 1 aromatic rings. The molecule has 2 fully saturated rings. The zero-order valence-corrected chi connectivity index (χ0v) is 15.6. The van der Waals surface area contributed by atoms with Gasteiger partial charge in [0.1, 0.15) is 0 Å². The maximum atomic E-state index is 12.6. The Morgan fingerprint density at radius 1 is 1.16 bits per heavy atom. The molecule has 138 valence electrons. The number of piperazine rings is 1. The first-order chi connectivity index (χ1) is 12.2. The highest BCUT2D eigenvalue weighted by Crippen LogP contribution is 2.18. The third-order valence-electron chi connectivity index (χ3n) is 5.50. The lowest BCUT2D eigenvalue weighted by molar-refractivity contribution is 0.0932. The summed E-state index contributed by atoms with van der Waals surface area (Å²) in [5.41, 5.74) is 1.38. The Kier molecular flexibility index (Phi) is 6.24. The Balaban J connectivity index is 1.62.